The highest BCUT2D eigenvalue weighted by Gasteiger charge is 2.20. The molecule has 0 spiro atoms. The molecule has 0 aliphatic heterocycles. The third kappa shape index (κ3) is 3.03. The van der Waals surface area contributed by atoms with Crippen molar-refractivity contribution in [2.45, 2.75) is 13.3 Å². The van der Waals surface area contributed by atoms with Crippen LogP contribution in [0.5, 0.6) is 11.5 Å². The lowest BCUT2D eigenvalue weighted by molar-refractivity contribution is -0.136. The Morgan fingerprint density at radius 1 is 1.20 bits per heavy atom. The van der Waals surface area contributed by atoms with Crippen molar-refractivity contribution in [3.8, 4) is 22.8 Å². The molecule has 1 heterocycles. The van der Waals surface area contributed by atoms with Crippen LogP contribution in [0, 0.1) is 6.92 Å². The first-order valence-corrected chi connectivity index (χ1v) is 8.08. The van der Waals surface area contributed by atoms with Gasteiger partial charge in [-0.3, -0.25) is 4.79 Å². The maximum absolute atomic E-state index is 11.4. The quantitative estimate of drug-likeness (QED) is 0.706. The van der Waals surface area contributed by atoms with E-state index in [-0.39, 0.29) is 6.42 Å². The van der Waals surface area contributed by atoms with Gasteiger partial charge in [0.25, 0.3) is 0 Å². The number of benzene rings is 2. The van der Waals surface area contributed by atoms with E-state index in [4.69, 9.17) is 21.1 Å². The molecule has 0 atom stereocenters. The van der Waals surface area contributed by atoms with Crippen molar-refractivity contribution in [3.63, 3.8) is 0 Å². The highest BCUT2D eigenvalue weighted by atomic mass is 35.5. The molecule has 0 aliphatic rings. The molecule has 3 rings (SSSR count). The molecule has 0 saturated carbocycles. The van der Waals surface area contributed by atoms with Gasteiger partial charge in [0.05, 0.1) is 31.9 Å². The first-order chi connectivity index (χ1) is 12.0. The van der Waals surface area contributed by atoms with Crippen LogP contribution in [0.3, 0.4) is 0 Å². The number of rotatable bonds is 5. The summed E-state index contributed by atoms with van der Waals surface area (Å²) in [5, 5.41) is 10.8. The molecule has 1 aromatic heterocycles. The largest absolute Gasteiger partial charge is 0.497 e. The zero-order chi connectivity index (χ0) is 18.1. The van der Waals surface area contributed by atoms with Crippen LogP contribution in [0.1, 0.15) is 11.1 Å². The maximum Gasteiger partial charge on any atom is 0.307 e. The fourth-order valence-corrected chi connectivity index (χ4v) is 3.16. The van der Waals surface area contributed by atoms with Crippen molar-refractivity contribution in [1.29, 1.82) is 0 Å². The standard InChI is InChI=1S/C19H18ClNO4/c1-10-15(20)7-6-12-14(9-17(22)23)19(21-18(10)12)13-5-4-11(24-2)8-16(13)25-3/h4-8,21H,9H2,1-3H3,(H,22,23). The van der Waals surface area contributed by atoms with Gasteiger partial charge in [0.15, 0.2) is 0 Å². The number of hydrogen-bond acceptors (Lipinski definition) is 3. The number of methoxy groups -OCH3 is 2. The van der Waals surface area contributed by atoms with Crippen LogP contribution in [0.4, 0.5) is 0 Å². The lowest BCUT2D eigenvalue weighted by Crippen LogP contribution is -2.01. The van der Waals surface area contributed by atoms with Crippen LogP contribution < -0.4 is 9.47 Å². The number of aromatic nitrogens is 1. The fraction of sp³-hybridized carbons (Fsp3) is 0.211. The van der Waals surface area contributed by atoms with E-state index in [2.05, 4.69) is 4.98 Å². The Morgan fingerprint density at radius 3 is 2.60 bits per heavy atom. The van der Waals surface area contributed by atoms with Crippen molar-refractivity contribution in [1.82, 2.24) is 4.98 Å². The Kier molecular flexibility index (Phi) is 4.59. The van der Waals surface area contributed by atoms with Gasteiger partial charge in [-0.05, 0) is 36.2 Å². The molecular formula is C19H18ClNO4. The molecule has 0 amide bonds. The van der Waals surface area contributed by atoms with Crippen LogP contribution >= 0.6 is 11.6 Å². The van der Waals surface area contributed by atoms with Gasteiger partial charge in [0.2, 0.25) is 0 Å². The molecule has 25 heavy (non-hydrogen) atoms. The Balaban J connectivity index is 2.32. The normalized spacial score (nSPS) is 10.9. The summed E-state index contributed by atoms with van der Waals surface area (Å²) in [7, 11) is 3.15. The SMILES string of the molecule is COc1ccc(-c2[nH]c3c(C)c(Cl)ccc3c2CC(=O)O)c(OC)c1. The van der Waals surface area contributed by atoms with Crippen LogP contribution in [0.2, 0.25) is 5.02 Å². The minimum atomic E-state index is -0.901. The average Bonchev–Trinajstić information content (AvgIpc) is 2.96. The number of H-pyrrole nitrogens is 1. The fourth-order valence-electron chi connectivity index (χ4n) is 3.00. The highest BCUT2D eigenvalue weighted by Crippen LogP contribution is 2.39. The third-order valence-electron chi connectivity index (χ3n) is 4.28. The maximum atomic E-state index is 11.4. The monoisotopic (exact) mass is 359 g/mol. The predicted molar refractivity (Wildman–Crippen MR) is 97.9 cm³/mol. The summed E-state index contributed by atoms with van der Waals surface area (Å²) >= 11 is 6.22. The van der Waals surface area contributed by atoms with Crippen LogP contribution in [0.25, 0.3) is 22.2 Å². The zero-order valence-corrected chi connectivity index (χ0v) is 14.9. The summed E-state index contributed by atoms with van der Waals surface area (Å²) in [5.74, 6) is 0.360. The molecule has 2 N–H and O–H groups in total. The first kappa shape index (κ1) is 17.2. The molecule has 0 bridgehead atoms. The van der Waals surface area contributed by atoms with E-state index in [0.717, 1.165) is 22.0 Å². The van der Waals surface area contributed by atoms with Crippen molar-refractivity contribution >= 4 is 28.5 Å². The van der Waals surface area contributed by atoms with E-state index in [1.807, 2.05) is 25.1 Å². The Bertz CT molecular complexity index is 962. The van der Waals surface area contributed by atoms with Gasteiger partial charge in [-0.2, -0.15) is 0 Å². The molecule has 130 valence electrons. The first-order valence-electron chi connectivity index (χ1n) is 7.70. The van der Waals surface area contributed by atoms with Gasteiger partial charge in [-0.1, -0.05) is 17.7 Å². The van der Waals surface area contributed by atoms with E-state index in [1.54, 1.807) is 26.4 Å². The number of aliphatic carboxylic acids is 1. The van der Waals surface area contributed by atoms with E-state index in [9.17, 15) is 9.90 Å². The molecule has 3 aromatic rings. The van der Waals surface area contributed by atoms with Gasteiger partial charge in [-0.15, -0.1) is 0 Å². The molecule has 5 nitrogen and oxygen atoms in total. The van der Waals surface area contributed by atoms with Crippen molar-refractivity contribution in [2.24, 2.45) is 0 Å². The number of aryl methyl sites for hydroxylation is 1. The van der Waals surface area contributed by atoms with Gasteiger partial charge in [0, 0.05) is 22.0 Å². The highest BCUT2D eigenvalue weighted by molar-refractivity contribution is 6.32. The zero-order valence-electron chi connectivity index (χ0n) is 14.1. The number of aromatic amines is 1. The minimum absolute atomic E-state index is 0.106. The summed E-state index contributed by atoms with van der Waals surface area (Å²) in [4.78, 5) is 14.7. The van der Waals surface area contributed by atoms with E-state index in [1.165, 1.54) is 0 Å². The molecule has 0 aliphatic carbocycles. The average molecular weight is 360 g/mol. The molecule has 0 saturated heterocycles. The second-order valence-corrected chi connectivity index (χ2v) is 6.12. The summed E-state index contributed by atoms with van der Waals surface area (Å²) in [6.45, 7) is 1.90. The second kappa shape index (κ2) is 6.69. The summed E-state index contributed by atoms with van der Waals surface area (Å²) in [5.41, 5.74) is 3.89. The summed E-state index contributed by atoms with van der Waals surface area (Å²) < 4.78 is 10.7. The number of fused-ring (bicyclic) bond motifs is 1. The van der Waals surface area contributed by atoms with Gasteiger partial charge >= 0.3 is 5.97 Å². The van der Waals surface area contributed by atoms with Gasteiger partial charge in [-0.25, -0.2) is 0 Å². The Morgan fingerprint density at radius 2 is 1.96 bits per heavy atom. The van der Waals surface area contributed by atoms with E-state index >= 15 is 0 Å². The van der Waals surface area contributed by atoms with Gasteiger partial charge < -0.3 is 19.6 Å². The molecule has 0 unspecified atom stereocenters. The molecule has 2 aromatic carbocycles. The molecule has 0 radical (unpaired) electrons. The number of hydrogen-bond donors (Lipinski definition) is 2. The van der Waals surface area contributed by atoms with Crippen LogP contribution in [-0.4, -0.2) is 30.3 Å². The molecule has 0 fully saturated rings. The van der Waals surface area contributed by atoms with E-state index in [0.29, 0.717) is 27.8 Å². The number of carbonyl (C=O) groups is 1. The predicted octanol–water partition coefficient (Wildman–Crippen LogP) is 4.44. The molecular weight excluding hydrogens is 342 g/mol. The number of carboxylic acids is 1. The summed E-state index contributed by atoms with van der Waals surface area (Å²) in [6.07, 6.45) is -0.106. The van der Waals surface area contributed by atoms with Crippen molar-refractivity contribution < 1.29 is 19.4 Å². The topological polar surface area (TPSA) is 71.6 Å². The minimum Gasteiger partial charge on any atom is -0.497 e. The Hall–Kier alpha value is -2.66. The summed E-state index contributed by atoms with van der Waals surface area (Å²) in [6, 6.07) is 9.07. The number of halogens is 1. The van der Waals surface area contributed by atoms with E-state index < -0.39 is 5.97 Å². The second-order valence-electron chi connectivity index (χ2n) is 5.71. The lowest BCUT2D eigenvalue weighted by atomic mass is 10.0. The smallest absolute Gasteiger partial charge is 0.307 e. The van der Waals surface area contributed by atoms with Gasteiger partial charge in [0.1, 0.15) is 11.5 Å². The number of carboxylic acid groups (broad SMARTS) is 1. The lowest BCUT2D eigenvalue weighted by Gasteiger charge is -2.11. The van der Waals surface area contributed by atoms with Crippen molar-refractivity contribution in [2.75, 3.05) is 14.2 Å². The van der Waals surface area contributed by atoms with Crippen LogP contribution in [-0.2, 0) is 11.2 Å². The van der Waals surface area contributed by atoms with Crippen LogP contribution in [0.15, 0.2) is 30.3 Å². The third-order valence-corrected chi connectivity index (χ3v) is 4.69. The Labute approximate surface area is 150 Å². The van der Waals surface area contributed by atoms with Crippen molar-refractivity contribution in [3.05, 3.63) is 46.5 Å². The number of ether oxygens (including phenoxy) is 2. The number of nitrogens with one attached hydrogen (secondary N) is 1. The molecule has 6 heteroatoms.